The zero-order valence-corrected chi connectivity index (χ0v) is 14.3. The summed E-state index contributed by atoms with van der Waals surface area (Å²) in [6.45, 7) is 2.69. The molecule has 1 amide bonds. The minimum Gasteiger partial charge on any atom is -0.488 e. The number of benzene rings is 1. The van der Waals surface area contributed by atoms with Crippen LogP contribution < -0.4 is 9.64 Å². The third-order valence-electron chi connectivity index (χ3n) is 4.44. The van der Waals surface area contributed by atoms with Gasteiger partial charge in [-0.15, -0.1) is 11.3 Å². The molecule has 7 heteroatoms. The van der Waals surface area contributed by atoms with Crippen LogP contribution in [0.4, 0.5) is 5.69 Å². The molecule has 0 aliphatic carbocycles. The molecule has 1 unspecified atom stereocenters. The fourth-order valence-electron chi connectivity index (χ4n) is 3.33. The first-order valence-corrected chi connectivity index (χ1v) is 8.81. The molecular weight excluding hydrogens is 326 g/mol. The number of anilines is 1. The van der Waals surface area contributed by atoms with E-state index in [4.69, 9.17) is 9.47 Å². The van der Waals surface area contributed by atoms with E-state index in [0.717, 1.165) is 11.4 Å². The zero-order chi connectivity index (χ0) is 16.6. The summed E-state index contributed by atoms with van der Waals surface area (Å²) in [6.07, 6.45) is 1.66. The lowest BCUT2D eigenvalue weighted by atomic mass is 10.0. The van der Waals surface area contributed by atoms with Crippen molar-refractivity contribution in [2.24, 2.45) is 0 Å². The van der Waals surface area contributed by atoms with Crippen molar-refractivity contribution in [2.75, 3.05) is 44.8 Å². The van der Waals surface area contributed by atoms with Crippen molar-refractivity contribution in [2.45, 2.75) is 5.60 Å². The summed E-state index contributed by atoms with van der Waals surface area (Å²) in [6, 6.07) is 7.96. The molecule has 2 aliphatic heterocycles. The number of amides is 1. The summed E-state index contributed by atoms with van der Waals surface area (Å²) in [5.41, 5.74) is 0.514. The van der Waals surface area contributed by atoms with Gasteiger partial charge in [0.15, 0.2) is 5.01 Å². The van der Waals surface area contributed by atoms with E-state index < -0.39 is 5.60 Å². The summed E-state index contributed by atoms with van der Waals surface area (Å²) in [7, 11) is 2.03. The van der Waals surface area contributed by atoms with E-state index in [1.807, 2.05) is 41.6 Å². The zero-order valence-electron chi connectivity index (χ0n) is 13.5. The Kier molecular flexibility index (Phi) is 3.90. The molecule has 2 aliphatic rings. The Balaban J connectivity index is 1.56. The van der Waals surface area contributed by atoms with Crippen molar-refractivity contribution >= 4 is 22.9 Å². The number of fused-ring (bicyclic) bond motifs is 1. The van der Waals surface area contributed by atoms with E-state index in [9.17, 15) is 4.79 Å². The van der Waals surface area contributed by atoms with Gasteiger partial charge in [0.05, 0.1) is 25.4 Å². The fraction of sp³-hybridized carbons (Fsp3) is 0.412. The van der Waals surface area contributed by atoms with Crippen LogP contribution in [0.2, 0.25) is 0 Å². The quantitative estimate of drug-likeness (QED) is 0.790. The van der Waals surface area contributed by atoms with Gasteiger partial charge in [-0.1, -0.05) is 12.1 Å². The van der Waals surface area contributed by atoms with Gasteiger partial charge < -0.3 is 19.3 Å². The number of para-hydroxylation sites is 2. The first kappa shape index (κ1) is 15.4. The van der Waals surface area contributed by atoms with E-state index in [0.29, 0.717) is 37.9 Å². The van der Waals surface area contributed by atoms with Gasteiger partial charge in [-0.05, 0) is 12.1 Å². The molecule has 4 rings (SSSR count). The highest BCUT2D eigenvalue weighted by Crippen LogP contribution is 2.34. The molecule has 1 aromatic heterocycles. The maximum atomic E-state index is 12.6. The predicted molar refractivity (Wildman–Crippen MR) is 91.9 cm³/mol. The number of likely N-dealkylation sites (N-methyl/N-ethyl adjacent to an activating group) is 1. The van der Waals surface area contributed by atoms with Crippen molar-refractivity contribution in [3.05, 3.63) is 40.8 Å². The molecule has 24 heavy (non-hydrogen) atoms. The lowest BCUT2D eigenvalue weighted by Crippen LogP contribution is -2.60. The Labute approximate surface area is 144 Å². The van der Waals surface area contributed by atoms with Crippen LogP contribution in [-0.4, -0.2) is 61.3 Å². The summed E-state index contributed by atoms with van der Waals surface area (Å²) in [5.74, 6) is 0.820. The molecule has 1 spiro atoms. The average molecular weight is 345 g/mol. The molecule has 3 heterocycles. The van der Waals surface area contributed by atoms with Gasteiger partial charge in [-0.3, -0.25) is 4.79 Å². The molecule has 2 aromatic rings. The summed E-state index contributed by atoms with van der Waals surface area (Å²) >= 11 is 1.37. The number of nitrogens with zero attached hydrogens (tertiary/aromatic N) is 3. The highest BCUT2D eigenvalue weighted by atomic mass is 32.1. The number of ether oxygens (including phenoxy) is 2. The first-order chi connectivity index (χ1) is 11.7. The number of carbonyl (C=O) groups excluding carboxylic acids is 1. The first-order valence-electron chi connectivity index (χ1n) is 7.93. The molecule has 1 aromatic carbocycles. The SMILES string of the molecule is CN1CC2(COc3ccccc31)CN(C(=O)c1nccs1)CCO2. The van der Waals surface area contributed by atoms with Gasteiger partial charge in [0.2, 0.25) is 0 Å². The Hall–Kier alpha value is -2.12. The second-order valence-electron chi connectivity index (χ2n) is 6.21. The number of thiazole rings is 1. The second-order valence-corrected chi connectivity index (χ2v) is 7.10. The van der Waals surface area contributed by atoms with E-state index in [2.05, 4.69) is 9.88 Å². The molecular formula is C17H19N3O3S. The minimum atomic E-state index is -0.529. The number of aromatic nitrogens is 1. The number of hydrogen-bond acceptors (Lipinski definition) is 6. The van der Waals surface area contributed by atoms with Crippen molar-refractivity contribution < 1.29 is 14.3 Å². The molecule has 126 valence electrons. The monoisotopic (exact) mass is 345 g/mol. The Morgan fingerprint density at radius 3 is 3.04 bits per heavy atom. The molecule has 0 radical (unpaired) electrons. The number of carbonyl (C=O) groups is 1. The largest absolute Gasteiger partial charge is 0.488 e. The van der Waals surface area contributed by atoms with Crippen LogP contribution in [0, 0.1) is 0 Å². The predicted octanol–water partition coefficient (Wildman–Crippen LogP) is 1.88. The van der Waals surface area contributed by atoms with Crippen molar-refractivity contribution in [3.63, 3.8) is 0 Å². The average Bonchev–Trinajstić information content (AvgIpc) is 3.10. The van der Waals surface area contributed by atoms with Crippen LogP contribution in [0.3, 0.4) is 0 Å². The standard InChI is InChI=1S/C17H19N3O3S/c1-19-10-17(12-22-14-5-3-2-4-13(14)19)11-20(7-8-23-17)16(21)15-18-6-9-24-15/h2-6,9H,7-8,10-12H2,1H3. The Bertz CT molecular complexity index is 736. The Morgan fingerprint density at radius 2 is 2.21 bits per heavy atom. The van der Waals surface area contributed by atoms with Gasteiger partial charge in [-0.2, -0.15) is 0 Å². The van der Waals surface area contributed by atoms with Gasteiger partial charge in [0.25, 0.3) is 5.91 Å². The van der Waals surface area contributed by atoms with Crippen LogP contribution in [-0.2, 0) is 4.74 Å². The lowest BCUT2D eigenvalue weighted by Gasteiger charge is -2.42. The van der Waals surface area contributed by atoms with Crippen molar-refractivity contribution in [1.29, 1.82) is 0 Å². The maximum absolute atomic E-state index is 12.6. The van der Waals surface area contributed by atoms with E-state index in [-0.39, 0.29) is 5.91 Å². The van der Waals surface area contributed by atoms with Crippen molar-refractivity contribution in [1.82, 2.24) is 9.88 Å². The van der Waals surface area contributed by atoms with Gasteiger partial charge in [0.1, 0.15) is 18.0 Å². The summed E-state index contributed by atoms with van der Waals surface area (Å²) in [5, 5.41) is 2.35. The summed E-state index contributed by atoms with van der Waals surface area (Å²) < 4.78 is 12.1. The third-order valence-corrected chi connectivity index (χ3v) is 5.20. The number of hydrogen-bond donors (Lipinski definition) is 0. The molecule has 0 saturated carbocycles. The molecule has 0 bridgehead atoms. The summed E-state index contributed by atoms with van der Waals surface area (Å²) in [4.78, 5) is 20.7. The third kappa shape index (κ3) is 2.74. The minimum absolute atomic E-state index is 0.0305. The molecule has 1 fully saturated rings. The van der Waals surface area contributed by atoms with Gasteiger partial charge in [-0.25, -0.2) is 4.98 Å². The van der Waals surface area contributed by atoms with Gasteiger partial charge >= 0.3 is 0 Å². The number of rotatable bonds is 1. The van der Waals surface area contributed by atoms with Crippen LogP contribution in [0.25, 0.3) is 0 Å². The van der Waals surface area contributed by atoms with Crippen molar-refractivity contribution in [3.8, 4) is 5.75 Å². The van der Waals surface area contributed by atoms with Crippen LogP contribution in [0.15, 0.2) is 35.8 Å². The van der Waals surface area contributed by atoms with Crippen LogP contribution >= 0.6 is 11.3 Å². The smallest absolute Gasteiger partial charge is 0.283 e. The van der Waals surface area contributed by atoms with Gasteiger partial charge in [0, 0.05) is 25.2 Å². The van der Waals surface area contributed by atoms with E-state index >= 15 is 0 Å². The van der Waals surface area contributed by atoms with Crippen LogP contribution in [0.5, 0.6) is 5.75 Å². The molecule has 1 saturated heterocycles. The molecule has 0 N–H and O–H groups in total. The van der Waals surface area contributed by atoms with Crippen LogP contribution in [0.1, 0.15) is 9.80 Å². The molecule has 1 atom stereocenters. The molecule has 6 nitrogen and oxygen atoms in total. The normalized spacial score (nSPS) is 23.5. The highest BCUT2D eigenvalue weighted by molar-refractivity contribution is 7.11. The maximum Gasteiger partial charge on any atom is 0.283 e. The fourth-order valence-corrected chi connectivity index (χ4v) is 3.93. The van der Waals surface area contributed by atoms with E-state index in [1.54, 1.807) is 6.20 Å². The highest BCUT2D eigenvalue weighted by Gasteiger charge is 2.42. The van der Waals surface area contributed by atoms with E-state index in [1.165, 1.54) is 11.3 Å². The topological polar surface area (TPSA) is 54.9 Å². The lowest BCUT2D eigenvalue weighted by molar-refractivity contribution is -0.111. The second kappa shape index (κ2) is 6.07. The Morgan fingerprint density at radius 1 is 1.33 bits per heavy atom. The number of morpholine rings is 1.